The molecule has 0 aromatic carbocycles. The van der Waals surface area contributed by atoms with Crippen LogP contribution in [0.1, 0.15) is 43.5 Å². The Bertz CT molecular complexity index is 391. The molecule has 1 unspecified atom stereocenters. The van der Waals surface area contributed by atoms with Crippen LogP contribution in [0, 0.1) is 5.41 Å². The Labute approximate surface area is 102 Å². The zero-order valence-corrected chi connectivity index (χ0v) is 10.7. The summed E-state index contributed by atoms with van der Waals surface area (Å²) in [6.45, 7) is 6.84. The zero-order valence-electron chi connectivity index (χ0n) is 10.7. The average molecular weight is 235 g/mol. The summed E-state index contributed by atoms with van der Waals surface area (Å²) in [5.74, 6) is 0.257. The van der Waals surface area contributed by atoms with E-state index in [0.717, 1.165) is 44.5 Å². The van der Waals surface area contributed by atoms with Gasteiger partial charge in [0.25, 0.3) is 0 Å². The van der Waals surface area contributed by atoms with E-state index in [9.17, 15) is 4.79 Å². The third kappa shape index (κ3) is 2.27. The number of rotatable bonds is 5. The van der Waals surface area contributed by atoms with Crippen LogP contribution in [0.3, 0.4) is 0 Å². The van der Waals surface area contributed by atoms with Gasteiger partial charge in [-0.05, 0) is 25.8 Å². The Balaban J connectivity index is 2.17. The smallest absolute Gasteiger partial charge is 0.173 e. The van der Waals surface area contributed by atoms with Crippen molar-refractivity contribution in [3.8, 4) is 0 Å². The largest absolute Gasteiger partial charge is 0.316 e. The van der Waals surface area contributed by atoms with Crippen LogP contribution in [0.15, 0.2) is 12.4 Å². The van der Waals surface area contributed by atoms with Gasteiger partial charge in [-0.15, -0.1) is 0 Å². The lowest BCUT2D eigenvalue weighted by atomic mass is 9.78. The van der Waals surface area contributed by atoms with E-state index in [1.54, 1.807) is 6.20 Å². The van der Waals surface area contributed by atoms with Crippen LogP contribution in [0.5, 0.6) is 0 Å². The molecule has 1 aromatic heterocycles. The summed E-state index contributed by atoms with van der Waals surface area (Å²) in [7, 11) is 0. The normalized spacial score (nSPS) is 24.1. The molecular weight excluding hydrogens is 214 g/mol. The first-order valence-electron chi connectivity index (χ1n) is 6.50. The minimum absolute atomic E-state index is 0.194. The number of carbonyl (C=O) groups is 1. The molecule has 2 heterocycles. The number of ketones is 1. The fourth-order valence-electron chi connectivity index (χ4n) is 2.54. The van der Waals surface area contributed by atoms with E-state index in [0.29, 0.717) is 0 Å². The molecular formula is C13H21N3O. The highest BCUT2D eigenvalue weighted by molar-refractivity contribution is 6.00. The number of nitrogens with zero attached hydrogens (tertiary/aromatic N) is 2. The summed E-state index contributed by atoms with van der Waals surface area (Å²) in [6, 6.07) is 0. The second-order valence-corrected chi connectivity index (χ2v) is 4.88. The lowest BCUT2D eigenvalue weighted by molar-refractivity contribution is 0.0810. The number of hydrogen-bond donors (Lipinski definition) is 1. The zero-order chi connectivity index (χ0) is 12.3. The van der Waals surface area contributed by atoms with Gasteiger partial charge < -0.3 is 5.32 Å². The molecule has 1 fully saturated rings. The Kier molecular flexibility index (Phi) is 3.62. The second-order valence-electron chi connectivity index (χ2n) is 4.88. The minimum atomic E-state index is -0.194. The Morgan fingerprint density at radius 1 is 1.59 bits per heavy atom. The van der Waals surface area contributed by atoms with E-state index >= 15 is 0 Å². The Hall–Kier alpha value is -1.16. The second kappa shape index (κ2) is 5.00. The van der Waals surface area contributed by atoms with Crippen LogP contribution in [-0.2, 0) is 6.54 Å². The lowest BCUT2D eigenvalue weighted by Crippen LogP contribution is -2.32. The van der Waals surface area contributed by atoms with Gasteiger partial charge in [0.15, 0.2) is 5.78 Å². The van der Waals surface area contributed by atoms with Crippen LogP contribution in [0.25, 0.3) is 0 Å². The summed E-state index contributed by atoms with van der Waals surface area (Å²) < 4.78 is 1.86. The number of hydrogen-bond acceptors (Lipinski definition) is 3. The number of Topliss-reactive ketones (excluding diaryl/α,β-unsaturated/α-hetero) is 1. The first kappa shape index (κ1) is 12.3. The molecule has 0 bridgehead atoms. The molecule has 4 heteroatoms. The molecule has 1 saturated heterocycles. The van der Waals surface area contributed by atoms with E-state index < -0.39 is 0 Å². The molecule has 1 aromatic rings. The number of aromatic nitrogens is 2. The maximum Gasteiger partial charge on any atom is 0.173 e. The van der Waals surface area contributed by atoms with Crippen molar-refractivity contribution in [1.29, 1.82) is 0 Å². The van der Waals surface area contributed by atoms with Gasteiger partial charge in [-0.3, -0.25) is 9.48 Å². The molecule has 0 radical (unpaired) electrons. The van der Waals surface area contributed by atoms with Gasteiger partial charge in [-0.1, -0.05) is 13.8 Å². The van der Waals surface area contributed by atoms with Gasteiger partial charge in [-0.25, -0.2) is 0 Å². The molecule has 0 saturated carbocycles. The molecule has 1 atom stereocenters. The number of carbonyl (C=O) groups excluding carboxylic acids is 1. The molecule has 1 aliphatic heterocycles. The van der Waals surface area contributed by atoms with Crippen LogP contribution in [-0.4, -0.2) is 28.7 Å². The summed E-state index contributed by atoms with van der Waals surface area (Å²) in [4.78, 5) is 12.5. The Morgan fingerprint density at radius 3 is 3.00 bits per heavy atom. The van der Waals surface area contributed by atoms with E-state index in [4.69, 9.17) is 0 Å². The van der Waals surface area contributed by atoms with Gasteiger partial charge >= 0.3 is 0 Å². The number of aryl methyl sites for hydroxylation is 1. The quantitative estimate of drug-likeness (QED) is 0.792. The van der Waals surface area contributed by atoms with Crippen molar-refractivity contribution in [3.63, 3.8) is 0 Å². The fraction of sp³-hybridized carbons (Fsp3) is 0.692. The maximum atomic E-state index is 12.5. The monoisotopic (exact) mass is 235 g/mol. The third-order valence-electron chi connectivity index (χ3n) is 3.75. The van der Waals surface area contributed by atoms with Crippen molar-refractivity contribution in [2.75, 3.05) is 13.1 Å². The van der Waals surface area contributed by atoms with Crippen molar-refractivity contribution >= 4 is 5.78 Å². The van der Waals surface area contributed by atoms with Crippen LogP contribution in [0.4, 0.5) is 0 Å². The SMILES string of the molecule is CCCn1cc(C(=O)C2(CC)CCNC2)cn1. The molecule has 1 N–H and O–H groups in total. The number of nitrogens with one attached hydrogen (secondary N) is 1. The van der Waals surface area contributed by atoms with E-state index in [1.807, 2.05) is 10.9 Å². The molecule has 4 nitrogen and oxygen atoms in total. The molecule has 2 rings (SSSR count). The van der Waals surface area contributed by atoms with Crippen molar-refractivity contribution in [2.45, 2.75) is 39.7 Å². The fourth-order valence-corrected chi connectivity index (χ4v) is 2.54. The predicted molar refractivity (Wildman–Crippen MR) is 67.1 cm³/mol. The summed E-state index contributed by atoms with van der Waals surface area (Å²) >= 11 is 0. The topological polar surface area (TPSA) is 46.9 Å². The summed E-state index contributed by atoms with van der Waals surface area (Å²) in [5, 5.41) is 7.54. The first-order valence-corrected chi connectivity index (χ1v) is 6.50. The van der Waals surface area contributed by atoms with E-state index in [2.05, 4.69) is 24.3 Å². The van der Waals surface area contributed by atoms with Gasteiger partial charge in [0.2, 0.25) is 0 Å². The molecule has 94 valence electrons. The van der Waals surface area contributed by atoms with Crippen LogP contribution >= 0.6 is 0 Å². The summed E-state index contributed by atoms with van der Waals surface area (Å²) in [5.41, 5.74) is 0.573. The van der Waals surface area contributed by atoms with Gasteiger partial charge in [0.1, 0.15) is 0 Å². The highest BCUT2D eigenvalue weighted by atomic mass is 16.1. The van der Waals surface area contributed by atoms with Gasteiger partial charge in [0.05, 0.1) is 11.8 Å². The molecule has 0 amide bonds. The third-order valence-corrected chi connectivity index (χ3v) is 3.75. The average Bonchev–Trinajstić information content (AvgIpc) is 2.98. The van der Waals surface area contributed by atoms with E-state index in [1.165, 1.54) is 0 Å². The highest BCUT2D eigenvalue weighted by Gasteiger charge is 2.40. The van der Waals surface area contributed by atoms with Crippen molar-refractivity contribution in [2.24, 2.45) is 5.41 Å². The first-order chi connectivity index (χ1) is 8.22. The van der Waals surface area contributed by atoms with Crippen molar-refractivity contribution in [3.05, 3.63) is 18.0 Å². The minimum Gasteiger partial charge on any atom is -0.316 e. The molecule has 0 aliphatic carbocycles. The molecule has 0 spiro atoms. The van der Waals surface area contributed by atoms with Crippen LogP contribution in [0.2, 0.25) is 0 Å². The lowest BCUT2D eigenvalue weighted by Gasteiger charge is -2.23. The van der Waals surface area contributed by atoms with E-state index in [-0.39, 0.29) is 11.2 Å². The standard InChI is InChI=1S/C13H21N3O/c1-3-7-16-9-11(8-15-16)12(17)13(4-2)5-6-14-10-13/h8-9,14H,3-7,10H2,1-2H3. The van der Waals surface area contributed by atoms with Gasteiger partial charge in [-0.2, -0.15) is 5.10 Å². The molecule has 17 heavy (non-hydrogen) atoms. The Morgan fingerprint density at radius 2 is 2.41 bits per heavy atom. The van der Waals surface area contributed by atoms with Gasteiger partial charge in [0, 0.05) is 24.7 Å². The van der Waals surface area contributed by atoms with Crippen LogP contribution < -0.4 is 5.32 Å². The van der Waals surface area contributed by atoms with Crippen molar-refractivity contribution < 1.29 is 4.79 Å². The highest BCUT2D eigenvalue weighted by Crippen LogP contribution is 2.33. The summed E-state index contributed by atoms with van der Waals surface area (Å²) in [6.07, 6.45) is 6.49. The molecule has 1 aliphatic rings. The predicted octanol–water partition coefficient (Wildman–Crippen LogP) is 1.87. The maximum absolute atomic E-state index is 12.5. The van der Waals surface area contributed by atoms with Crippen molar-refractivity contribution in [1.82, 2.24) is 15.1 Å².